The Hall–Kier alpha value is -2.15. The molecule has 0 bridgehead atoms. The molecule has 0 aliphatic carbocycles. The lowest BCUT2D eigenvalue weighted by atomic mass is 9.93. The lowest BCUT2D eigenvalue weighted by molar-refractivity contribution is -0.143. The van der Waals surface area contributed by atoms with Crippen LogP contribution in [0.15, 0.2) is 24.3 Å². The average molecular weight is 299 g/mol. The van der Waals surface area contributed by atoms with Crippen LogP contribution in [0.5, 0.6) is 5.75 Å². The van der Waals surface area contributed by atoms with Crippen LogP contribution < -0.4 is 10.5 Å². The van der Waals surface area contributed by atoms with Crippen molar-refractivity contribution in [2.75, 3.05) is 13.3 Å². The van der Waals surface area contributed by atoms with Gasteiger partial charge < -0.3 is 20.7 Å². The SMILES string of the molecule is N[C@H](C[C@@H](Cc1ccc(OCCF)cc1)C(=O)O)C(=O)O. The van der Waals surface area contributed by atoms with Crippen molar-refractivity contribution in [3.05, 3.63) is 29.8 Å². The molecule has 7 heteroatoms. The molecule has 0 unspecified atom stereocenters. The molecule has 0 aliphatic rings. The van der Waals surface area contributed by atoms with Gasteiger partial charge in [0.2, 0.25) is 0 Å². The van der Waals surface area contributed by atoms with Crippen LogP contribution in [0, 0.1) is 5.92 Å². The number of halogens is 1. The monoisotopic (exact) mass is 299 g/mol. The Morgan fingerprint density at radius 1 is 1.19 bits per heavy atom. The maximum atomic E-state index is 12.0. The number of carboxylic acid groups (broad SMARTS) is 2. The highest BCUT2D eigenvalue weighted by Crippen LogP contribution is 2.18. The molecule has 0 amide bonds. The van der Waals surface area contributed by atoms with Gasteiger partial charge in [-0.05, 0) is 30.5 Å². The lowest BCUT2D eigenvalue weighted by Gasteiger charge is -2.15. The van der Waals surface area contributed by atoms with Crippen molar-refractivity contribution < 1.29 is 28.9 Å². The van der Waals surface area contributed by atoms with Crippen molar-refractivity contribution in [1.29, 1.82) is 0 Å². The standard InChI is InChI=1S/C14H18FNO5/c15-5-6-21-11-3-1-9(2-4-11)7-10(13(17)18)8-12(16)14(19)20/h1-4,10,12H,5-8,16H2,(H,17,18)(H,19,20)/t10-,12-/m1/s1. The summed E-state index contributed by atoms with van der Waals surface area (Å²) in [6, 6.07) is 5.34. The molecule has 116 valence electrons. The molecule has 1 aromatic rings. The number of hydrogen-bond acceptors (Lipinski definition) is 4. The first-order valence-electron chi connectivity index (χ1n) is 6.43. The smallest absolute Gasteiger partial charge is 0.320 e. The normalized spacial score (nSPS) is 13.4. The van der Waals surface area contributed by atoms with Crippen LogP contribution in [0.1, 0.15) is 12.0 Å². The minimum Gasteiger partial charge on any atom is -0.491 e. The number of benzene rings is 1. The highest BCUT2D eigenvalue weighted by atomic mass is 19.1. The Balaban J connectivity index is 2.66. The predicted molar refractivity (Wildman–Crippen MR) is 73.0 cm³/mol. The van der Waals surface area contributed by atoms with Crippen molar-refractivity contribution in [3.8, 4) is 5.75 Å². The van der Waals surface area contributed by atoms with Gasteiger partial charge in [0.15, 0.2) is 0 Å². The van der Waals surface area contributed by atoms with Gasteiger partial charge in [0.25, 0.3) is 0 Å². The third-order valence-electron chi connectivity index (χ3n) is 2.96. The number of rotatable bonds is 9. The molecule has 0 aromatic heterocycles. The van der Waals surface area contributed by atoms with Gasteiger partial charge in [-0.3, -0.25) is 9.59 Å². The van der Waals surface area contributed by atoms with E-state index in [0.717, 1.165) is 0 Å². The highest BCUT2D eigenvalue weighted by Gasteiger charge is 2.24. The predicted octanol–water partition coefficient (Wildman–Crippen LogP) is 1.08. The van der Waals surface area contributed by atoms with Crippen molar-refractivity contribution >= 4 is 11.9 Å². The number of ether oxygens (including phenoxy) is 1. The Labute approximate surface area is 121 Å². The second-order valence-electron chi connectivity index (χ2n) is 4.60. The van der Waals surface area contributed by atoms with E-state index in [-0.39, 0.29) is 19.4 Å². The topological polar surface area (TPSA) is 110 Å². The van der Waals surface area contributed by atoms with Crippen LogP contribution in [0.4, 0.5) is 4.39 Å². The van der Waals surface area contributed by atoms with Gasteiger partial charge in [0, 0.05) is 0 Å². The maximum Gasteiger partial charge on any atom is 0.320 e. The van der Waals surface area contributed by atoms with E-state index in [4.69, 9.17) is 20.7 Å². The van der Waals surface area contributed by atoms with Gasteiger partial charge in [-0.25, -0.2) is 4.39 Å². The average Bonchev–Trinajstić information content (AvgIpc) is 2.45. The molecule has 4 N–H and O–H groups in total. The van der Waals surface area contributed by atoms with Gasteiger partial charge in [-0.1, -0.05) is 12.1 Å². The summed E-state index contributed by atoms with van der Waals surface area (Å²) in [5.74, 6) is -2.71. The summed E-state index contributed by atoms with van der Waals surface area (Å²) in [6.45, 7) is -0.625. The first-order valence-corrected chi connectivity index (χ1v) is 6.43. The fourth-order valence-corrected chi connectivity index (χ4v) is 1.84. The maximum absolute atomic E-state index is 12.0. The fraction of sp³-hybridized carbons (Fsp3) is 0.429. The van der Waals surface area contributed by atoms with E-state index >= 15 is 0 Å². The molecule has 6 nitrogen and oxygen atoms in total. The van der Waals surface area contributed by atoms with Gasteiger partial charge in [-0.15, -0.1) is 0 Å². The minimum absolute atomic E-state index is 0.0371. The summed E-state index contributed by atoms with van der Waals surface area (Å²) in [4.78, 5) is 21.8. The Morgan fingerprint density at radius 2 is 1.81 bits per heavy atom. The summed E-state index contributed by atoms with van der Waals surface area (Å²) in [7, 11) is 0. The van der Waals surface area contributed by atoms with Crippen molar-refractivity contribution in [2.45, 2.75) is 18.9 Å². The number of alkyl halides is 1. The van der Waals surface area contributed by atoms with Crippen LogP contribution in [0.3, 0.4) is 0 Å². The minimum atomic E-state index is -1.23. The Morgan fingerprint density at radius 3 is 2.29 bits per heavy atom. The van der Waals surface area contributed by atoms with Crippen LogP contribution >= 0.6 is 0 Å². The van der Waals surface area contributed by atoms with Gasteiger partial charge in [0.05, 0.1) is 5.92 Å². The number of nitrogens with two attached hydrogens (primary N) is 1. The molecule has 0 radical (unpaired) electrons. The molecule has 0 saturated heterocycles. The van der Waals surface area contributed by atoms with Crippen molar-refractivity contribution in [3.63, 3.8) is 0 Å². The third kappa shape index (κ3) is 5.78. The van der Waals surface area contributed by atoms with Crippen LogP contribution in [0.2, 0.25) is 0 Å². The summed E-state index contributed by atoms with van der Waals surface area (Å²) < 4.78 is 17.0. The molecule has 0 fully saturated rings. The Kier molecular flexibility index (Phi) is 6.61. The van der Waals surface area contributed by atoms with Gasteiger partial charge in [-0.2, -0.15) is 0 Å². The van der Waals surface area contributed by atoms with Gasteiger partial charge >= 0.3 is 11.9 Å². The highest BCUT2D eigenvalue weighted by molar-refractivity contribution is 5.76. The van der Waals surface area contributed by atoms with Crippen LogP contribution in [0.25, 0.3) is 0 Å². The van der Waals surface area contributed by atoms with E-state index < -0.39 is 30.6 Å². The molecule has 1 aromatic carbocycles. The second kappa shape index (κ2) is 8.21. The van der Waals surface area contributed by atoms with Crippen LogP contribution in [-0.4, -0.2) is 41.5 Å². The quantitative estimate of drug-likeness (QED) is 0.629. The molecular formula is C14H18FNO5. The number of carboxylic acids is 2. The summed E-state index contributed by atoms with van der Waals surface area (Å²) >= 11 is 0. The van der Waals surface area contributed by atoms with Crippen LogP contribution in [-0.2, 0) is 16.0 Å². The van der Waals surface area contributed by atoms with E-state index in [1.54, 1.807) is 24.3 Å². The molecule has 2 atom stereocenters. The molecular weight excluding hydrogens is 281 g/mol. The first kappa shape index (κ1) is 16.9. The zero-order valence-electron chi connectivity index (χ0n) is 11.4. The number of carbonyl (C=O) groups is 2. The summed E-state index contributed by atoms with van der Waals surface area (Å²) in [5, 5.41) is 17.9. The summed E-state index contributed by atoms with van der Waals surface area (Å²) in [6.07, 6.45) is 0.0183. The second-order valence-corrected chi connectivity index (χ2v) is 4.60. The molecule has 0 saturated carbocycles. The van der Waals surface area contributed by atoms with Gasteiger partial charge in [0.1, 0.15) is 25.1 Å². The molecule has 0 spiro atoms. The first-order chi connectivity index (χ1) is 9.93. The van der Waals surface area contributed by atoms with E-state index in [1.165, 1.54) is 0 Å². The molecule has 1 rings (SSSR count). The zero-order valence-corrected chi connectivity index (χ0v) is 11.4. The Bertz CT molecular complexity index is 477. The molecule has 0 heterocycles. The summed E-state index contributed by atoms with van der Waals surface area (Å²) in [5.41, 5.74) is 6.08. The number of aliphatic carboxylic acids is 2. The zero-order chi connectivity index (χ0) is 15.8. The third-order valence-corrected chi connectivity index (χ3v) is 2.96. The lowest BCUT2D eigenvalue weighted by Crippen LogP contribution is -2.35. The van der Waals surface area contributed by atoms with Crippen molar-refractivity contribution in [2.24, 2.45) is 11.7 Å². The van der Waals surface area contributed by atoms with Crippen molar-refractivity contribution in [1.82, 2.24) is 0 Å². The number of hydrogen-bond donors (Lipinski definition) is 3. The van der Waals surface area contributed by atoms with E-state index in [1.807, 2.05) is 0 Å². The largest absolute Gasteiger partial charge is 0.491 e. The van der Waals surface area contributed by atoms with E-state index in [0.29, 0.717) is 11.3 Å². The van der Waals surface area contributed by atoms with E-state index in [2.05, 4.69) is 0 Å². The molecule has 21 heavy (non-hydrogen) atoms. The molecule has 0 aliphatic heterocycles. The van der Waals surface area contributed by atoms with E-state index in [9.17, 15) is 14.0 Å². The fourth-order valence-electron chi connectivity index (χ4n) is 1.84.